The Kier molecular flexibility index (Phi) is 6.06. The van der Waals surface area contributed by atoms with Gasteiger partial charge in [-0.25, -0.2) is 0 Å². The number of methoxy groups -OCH3 is 2. The highest BCUT2D eigenvalue weighted by Gasteiger charge is 2.21. The summed E-state index contributed by atoms with van der Waals surface area (Å²) >= 11 is 0. The number of rotatable bonds is 6. The molecule has 3 aromatic rings. The fourth-order valence-electron chi connectivity index (χ4n) is 3.29. The lowest BCUT2D eigenvalue weighted by Crippen LogP contribution is -2.00. The van der Waals surface area contributed by atoms with E-state index in [9.17, 15) is 20.4 Å². The summed E-state index contributed by atoms with van der Waals surface area (Å²) in [7, 11) is 2.88. The van der Waals surface area contributed by atoms with E-state index in [4.69, 9.17) is 9.47 Å². The average molecular weight is 408 g/mol. The first-order valence-corrected chi connectivity index (χ1v) is 9.32. The zero-order valence-electron chi connectivity index (χ0n) is 17.0. The number of hydrogen-bond donors (Lipinski definition) is 4. The molecule has 0 aliphatic carbocycles. The maximum absolute atomic E-state index is 10.6. The van der Waals surface area contributed by atoms with Crippen LogP contribution in [0.1, 0.15) is 35.1 Å². The number of benzene rings is 3. The van der Waals surface area contributed by atoms with Crippen molar-refractivity contribution in [1.82, 2.24) is 0 Å². The van der Waals surface area contributed by atoms with Crippen LogP contribution >= 0.6 is 0 Å². The van der Waals surface area contributed by atoms with Gasteiger partial charge in [-0.1, -0.05) is 31.2 Å². The molecule has 0 saturated heterocycles. The maximum Gasteiger partial charge on any atom is 0.200 e. The van der Waals surface area contributed by atoms with Gasteiger partial charge in [0, 0.05) is 11.5 Å². The van der Waals surface area contributed by atoms with Crippen LogP contribution in [0.4, 0.5) is 0 Å². The monoisotopic (exact) mass is 408 g/mol. The van der Waals surface area contributed by atoms with E-state index in [1.54, 1.807) is 54.6 Å². The molecule has 6 nitrogen and oxygen atoms in total. The summed E-state index contributed by atoms with van der Waals surface area (Å²) in [5, 5.41) is 40.7. The molecule has 0 bridgehead atoms. The largest absolute Gasteiger partial charge is 0.508 e. The molecule has 30 heavy (non-hydrogen) atoms. The second kappa shape index (κ2) is 8.69. The summed E-state index contributed by atoms with van der Waals surface area (Å²) in [4.78, 5) is 0. The third-order valence-electron chi connectivity index (χ3n) is 4.96. The van der Waals surface area contributed by atoms with Crippen molar-refractivity contribution in [2.75, 3.05) is 14.2 Å². The summed E-state index contributed by atoms with van der Waals surface area (Å²) in [6.45, 7) is 1.83. The van der Waals surface area contributed by atoms with Gasteiger partial charge in [-0.2, -0.15) is 0 Å². The van der Waals surface area contributed by atoms with E-state index >= 15 is 0 Å². The highest BCUT2D eigenvalue weighted by molar-refractivity contribution is 5.72. The molecule has 0 amide bonds. The second-order valence-electron chi connectivity index (χ2n) is 6.89. The molecule has 0 fully saturated rings. The third-order valence-corrected chi connectivity index (χ3v) is 4.96. The van der Waals surface area contributed by atoms with Gasteiger partial charge in [-0.05, 0) is 53.1 Å². The topological polar surface area (TPSA) is 99.4 Å². The van der Waals surface area contributed by atoms with Crippen LogP contribution < -0.4 is 9.47 Å². The standard InChI is InChI=1S/C24H24O6/c1-14(17-12-21(29-2)24(28)22(13-17)30-3)23-19(26)10-16(11-20(23)27)5-4-15-6-8-18(25)9-7-15/h4-14,25-28H,1-3H3. The minimum atomic E-state index is -0.400. The second-order valence-corrected chi connectivity index (χ2v) is 6.89. The summed E-state index contributed by atoms with van der Waals surface area (Å²) in [5.74, 6) is 0.0379. The molecule has 3 aromatic carbocycles. The molecule has 0 radical (unpaired) electrons. The van der Waals surface area contributed by atoms with E-state index in [0.29, 0.717) is 16.7 Å². The van der Waals surface area contributed by atoms with Gasteiger partial charge in [0.2, 0.25) is 5.75 Å². The fraction of sp³-hybridized carbons (Fsp3) is 0.167. The van der Waals surface area contributed by atoms with E-state index < -0.39 is 5.92 Å². The van der Waals surface area contributed by atoms with Gasteiger partial charge in [0.15, 0.2) is 11.5 Å². The Morgan fingerprint density at radius 2 is 1.23 bits per heavy atom. The summed E-state index contributed by atoms with van der Waals surface area (Å²) in [6, 6.07) is 13.1. The third kappa shape index (κ3) is 4.27. The van der Waals surface area contributed by atoms with Crippen molar-refractivity contribution in [1.29, 1.82) is 0 Å². The minimum Gasteiger partial charge on any atom is -0.508 e. The van der Waals surface area contributed by atoms with Gasteiger partial charge >= 0.3 is 0 Å². The van der Waals surface area contributed by atoms with E-state index in [-0.39, 0.29) is 34.5 Å². The number of ether oxygens (including phenoxy) is 2. The van der Waals surface area contributed by atoms with E-state index in [2.05, 4.69) is 0 Å². The van der Waals surface area contributed by atoms with Crippen LogP contribution in [0.3, 0.4) is 0 Å². The van der Waals surface area contributed by atoms with Crippen molar-refractivity contribution in [2.45, 2.75) is 12.8 Å². The van der Waals surface area contributed by atoms with Crippen LogP contribution in [0.15, 0.2) is 48.5 Å². The highest BCUT2D eigenvalue weighted by Crippen LogP contribution is 2.44. The van der Waals surface area contributed by atoms with Gasteiger partial charge in [-0.3, -0.25) is 0 Å². The van der Waals surface area contributed by atoms with Crippen molar-refractivity contribution in [3.05, 3.63) is 70.8 Å². The molecule has 0 spiro atoms. The van der Waals surface area contributed by atoms with Crippen molar-refractivity contribution < 1.29 is 29.9 Å². The lowest BCUT2D eigenvalue weighted by atomic mass is 9.90. The molecule has 3 rings (SSSR count). The zero-order chi connectivity index (χ0) is 21.8. The molecule has 0 aliphatic heterocycles. The minimum absolute atomic E-state index is 0.0566. The summed E-state index contributed by atoms with van der Waals surface area (Å²) in [5.41, 5.74) is 2.54. The lowest BCUT2D eigenvalue weighted by Gasteiger charge is -2.19. The number of phenols is 4. The molecule has 0 heterocycles. The average Bonchev–Trinajstić information content (AvgIpc) is 2.73. The maximum atomic E-state index is 10.6. The van der Waals surface area contributed by atoms with Gasteiger partial charge in [0.1, 0.15) is 17.2 Å². The van der Waals surface area contributed by atoms with Crippen molar-refractivity contribution in [2.24, 2.45) is 0 Å². The van der Waals surface area contributed by atoms with E-state index in [1.807, 2.05) is 13.0 Å². The molecule has 156 valence electrons. The summed E-state index contributed by atoms with van der Waals surface area (Å²) < 4.78 is 10.4. The van der Waals surface area contributed by atoms with Crippen LogP contribution in [0.2, 0.25) is 0 Å². The van der Waals surface area contributed by atoms with Crippen molar-refractivity contribution >= 4 is 12.2 Å². The Morgan fingerprint density at radius 1 is 0.733 bits per heavy atom. The Morgan fingerprint density at radius 3 is 1.73 bits per heavy atom. The van der Waals surface area contributed by atoms with Crippen molar-refractivity contribution in [3.8, 4) is 34.5 Å². The first-order chi connectivity index (χ1) is 14.3. The van der Waals surface area contributed by atoms with Crippen LogP contribution in [0.25, 0.3) is 12.2 Å². The highest BCUT2D eigenvalue weighted by atomic mass is 16.5. The Bertz CT molecular complexity index is 1020. The van der Waals surface area contributed by atoms with E-state index in [1.165, 1.54) is 14.2 Å². The van der Waals surface area contributed by atoms with Crippen LogP contribution in [-0.4, -0.2) is 34.6 Å². The predicted octanol–water partition coefficient (Wildman–Crippen LogP) is 4.85. The molecule has 4 N–H and O–H groups in total. The zero-order valence-corrected chi connectivity index (χ0v) is 17.0. The molecular formula is C24H24O6. The quantitative estimate of drug-likeness (QED) is 0.435. The van der Waals surface area contributed by atoms with Gasteiger partial charge in [0.25, 0.3) is 0 Å². The molecule has 1 atom stereocenters. The van der Waals surface area contributed by atoms with Crippen molar-refractivity contribution in [3.63, 3.8) is 0 Å². The smallest absolute Gasteiger partial charge is 0.200 e. The molecule has 0 aliphatic rings. The molecule has 6 heteroatoms. The number of aromatic hydroxyl groups is 4. The van der Waals surface area contributed by atoms with Crippen LogP contribution in [0.5, 0.6) is 34.5 Å². The predicted molar refractivity (Wildman–Crippen MR) is 116 cm³/mol. The van der Waals surface area contributed by atoms with Gasteiger partial charge in [0.05, 0.1) is 14.2 Å². The Labute approximate surface area is 174 Å². The lowest BCUT2D eigenvalue weighted by molar-refractivity contribution is 0.339. The first-order valence-electron chi connectivity index (χ1n) is 9.32. The first kappa shape index (κ1) is 20.9. The SMILES string of the molecule is COc1cc(C(C)c2c(O)cc(C=Cc3ccc(O)cc3)cc2O)cc(OC)c1O. The molecular weight excluding hydrogens is 384 g/mol. The van der Waals surface area contributed by atoms with E-state index in [0.717, 1.165) is 5.56 Å². The van der Waals surface area contributed by atoms with Crippen LogP contribution in [0, 0.1) is 0 Å². The van der Waals surface area contributed by atoms with Gasteiger partial charge < -0.3 is 29.9 Å². The Balaban J connectivity index is 1.94. The summed E-state index contributed by atoms with van der Waals surface area (Å²) in [6.07, 6.45) is 3.57. The molecule has 1 unspecified atom stereocenters. The fourth-order valence-corrected chi connectivity index (χ4v) is 3.29. The number of phenolic OH excluding ortho intramolecular Hbond substituents is 4. The molecule has 0 saturated carbocycles. The molecule has 0 aromatic heterocycles. The Hall–Kier alpha value is -3.80. The van der Waals surface area contributed by atoms with Crippen LogP contribution in [-0.2, 0) is 0 Å². The number of hydrogen-bond acceptors (Lipinski definition) is 6. The normalized spacial score (nSPS) is 12.1. The van der Waals surface area contributed by atoms with Gasteiger partial charge in [-0.15, -0.1) is 0 Å².